The summed E-state index contributed by atoms with van der Waals surface area (Å²) in [6.45, 7) is 2.15. The van der Waals surface area contributed by atoms with E-state index in [9.17, 15) is 0 Å². The number of hydrazine groups is 1. The molecule has 0 aromatic heterocycles. The molecule has 0 saturated carbocycles. The number of nitrogens with zero attached hydrogens (tertiary/aromatic N) is 2. The quantitative estimate of drug-likeness (QED) is 0.432. The third-order valence-electron chi connectivity index (χ3n) is 1.03. The second-order valence-electron chi connectivity index (χ2n) is 2.81. The highest BCUT2D eigenvalue weighted by molar-refractivity contribution is 4.77. The fraction of sp³-hybridized carbons (Fsp3) is 0.714. The number of rotatable bonds is 4. The monoisotopic (exact) mass is 159 g/mol. The van der Waals surface area contributed by atoms with Crippen LogP contribution in [-0.2, 0) is 0 Å². The highest BCUT2D eigenvalue weighted by Crippen LogP contribution is 1.86. The second-order valence-corrected chi connectivity index (χ2v) is 2.81. The third kappa shape index (κ3) is 7.15. The molecule has 0 fully saturated rings. The molecule has 4 heteroatoms. The van der Waals surface area contributed by atoms with E-state index >= 15 is 0 Å². The fourth-order valence-corrected chi connectivity index (χ4v) is 0.585. The molecule has 0 bridgehead atoms. The molecule has 1 unspecified atom stereocenters. The van der Waals surface area contributed by atoms with Crippen LogP contribution in [0.2, 0.25) is 0 Å². The zero-order valence-corrected chi connectivity index (χ0v) is 7.36. The van der Waals surface area contributed by atoms with Crippen molar-refractivity contribution in [3.8, 4) is 0 Å². The Bertz CT molecular complexity index is 123. The lowest BCUT2D eigenvalue weighted by Crippen LogP contribution is -2.32. The van der Waals surface area contributed by atoms with Gasteiger partial charge in [-0.3, -0.25) is 0 Å². The molecule has 1 atom stereocenters. The molecule has 0 aliphatic carbocycles. The van der Waals surface area contributed by atoms with Gasteiger partial charge in [0, 0.05) is 26.5 Å². The molecule has 0 aliphatic heterocycles. The van der Waals surface area contributed by atoms with Crippen LogP contribution in [0.1, 0.15) is 6.92 Å². The minimum Gasteiger partial charge on any atom is -0.392 e. The number of nitrogens with two attached hydrogens (primary N) is 1. The first-order valence-electron chi connectivity index (χ1n) is 3.56. The van der Waals surface area contributed by atoms with Gasteiger partial charge in [0.25, 0.3) is 0 Å². The Labute approximate surface area is 67.9 Å². The summed E-state index contributed by atoms with van der Waals surface area (Å²) < 4.78 is 0. The van der Waals surface area contributed by atoms with Crippen molar-refractivity contribution in [1.82, 2.24) is 9.91 Å². The molecule has 0 aliphatic rings. The first kappa shape index (κ1) is 10.3. The van der Waals surface area contributed by atoms with Crippen LogP contribution < -0.4 is 5.84 Å². The molecule has 0 heterocycles. The van der Waals surface area contributed by atoms with Crippen LogP contribution in [0, 0.1) is 0 Å². The summed E-state index contributed by atoms with van der Waals surface area (Å²) >= 11 is 0. The van der Waals surface area contributed by atoms with Gasteiger partial charge in [-0.2, -0.15) is 0 Å². The highest BCUT2D eigenvalue weighted by Gasteiger charge is 1.97. The van der Waals surface area contributed by atoms with Crippen LogP contribution in [0.15, 0.2) is 12.4 Å². The van der Waals surface area contributed by atoms with Crippen molar-refractivity contribution in [3.05, 3.63) is 12.4 Å². The molecule has 11 heavy (non-hydrogen) atoms. The van der Waals surface area contributed by atoms with Crippen molar-refractivity contribution in [1.29, 1.82) is 0 Å². The summed E-state index contributed by atoms with van der Waals surface area (Å²) in [7, 11) is 3.82. The SMILES string of the molecule is CC(O)CN(N)/C=C\N(C)C. The molecular weight excluding hydrogens is 142 g/mol. The average Bonchev–Trinajstić information content (AvgIpc) is 1.82. The van der Waals surface area contributed by atoms with Gasteiger partial charge in [0.05, 0.1) is 12.6 Å². The van der Waals surface area contributed by atoms with E-state index in [1.165, 1.54) is 5.01 Å². The van der Waals surface area contributed by atoms with Gasteiger partial charge >= 0.3 is 0 Å². The topological polar surface area (TPSA) is 52.7 Å². The largest absolute Gasteiger partial charge is 0.392 e. The van der Waals surface area contributed by atoms with Gasteiger partial charge in [0.15, 0.2) is 0 Å². The van der Waals surface area contributed by atoms with Crippen LogP contribution in [0.3, 0.4) is 0 Å². The highest BCUT2D eigenvalue weighted by atomic mass is 16.3. The maximum atomic E-state index is 8.92. The molecular formula is C7H17N3O. The van der Waals surface area contributed by atoms with Gasteiger partial charge in [-0.15, -0.1) is 0 Å². The summed E-state index contributed by atoms with van der Waals surface area (Å²) in [6.07, 6.45) is 3.14. The summed E-state index contributed by atoms with van der Waals surface area (Å²) in [5.74, 6) is 5.48. The van der Waals surface area contributed by atoms with E-state index in [-0.39, 0.29) is 0 Å². The summed E-state index contributed by atoms with van der Waals surface area (Å²) in [5.41, 5.74) is 0. The maximum absolute atomic E-state index is 8.92. The van der Waals surface area contributed by atoms with Crippen LogP contribution in [0.4, 0.5) is 0 Å². The predicted octanol–water partition coefficient (Wildman–Crippen LogP) is -0.424. The predicted molar refractivity (Wildman–Crippen MR) is 45.4 cm³/mol. The van der Waals surface area contributed by atoms with E-state index in [4.69, 9.17) is 10.9 Å². The summed E-state index contributed by atoms with van der Waals surface area (Å²) in [4.78, 5) is 1.88. The second kappa shape index (κ2) is 4.98. The zero-order chi connectivity index (χ0) is 8.85. The van der Waals surface area contributed by atoms with E-state index < -0.39 is 6.10 Å². The Morgan fingerprint density at radius 2 is 2.00 bits per heavy atom. The molecule has 0 saturated heterocycles. The molecule has 66 valence electrons. The van der Waals surface area contributed by atoms with Crippen LogP contribution in [0.5, 0.6) is 0 Å². The van der Waals surface area contributed by atoms with Crippen LogP contribution >= 0.6 is 0 Å². The number of aliphatic hydroxyl groups is 1. The normalized spacial score (nSPS) is 13.5. The first-order valence-corrected chi connectivity index (χ1v) is 3.56. The summed E-state index contributed by atoms with van der Waals surface area (Å²) in [6, 6.07) is 0. The van der Waals surface area contributed by atoms with Gasteiger partial charge in [-0.1, -0.05) is 0 Å². The zero-order valence-electron chi connectivity index (χ0n) is 7.36. The third-order valence-corrected chi connectivity index (χ3v) is 1.03. The van der Waals surface area contributed by atoms with Gasteiger partial charge < -0.3 is 15.0 Å². The molecule has 4 nitrogen and oxygen atoms in total. The Morgan fingerprint density at radius 1 is 1.45 bits per heavy atom. The van der Waals surface area contributed by atoms with Crippen LogP contribution in [-0.4, -0.2) is 41.8 Å². The lowest BCUT2D eigenvalue weighted by atomic mass is 10.4. The van der Waals surface area contributed by atoms with Crippen molar-refractivity contribution < 1.29 is 5.11 Å². The minimum absolute atomic E-state index is 0.396. The minimum atomic E-state index is -0.396. The van der Waals surface area contributed by atoms with Crippen molar-refractivity contribution in [3.63, 3.8) is 0 Å². The number of hydrogen-bond donors (Lipinski definition) is 2. The Kier molecular flexibility index (Phi) is 4.65. The molecule has 0 amide bonds. The lowest BCUT2D eigenvalue weighted by molar-refractivity contribution is 0.151. The van der Waals surface area contributed by atoms with Gasteiger partial charge in [-0.05, 0) is 6.92 Å². The van der Waals surface area contributed by atoms with Gasteiger partial charge in [0.2, 0.25) is 0 Å². The summed E-state index contributed by atoms with van der Waals surface area (Å²) in [5, 5.41) is 10.4. The Balaban J connectivity index is 3.59. The molecule has 0 aromatic rings. The average molecular weight is 159 g/mol. The van der Waals surface area contributed by atoms with Gasteiger partial charge in [0.1, 0.15) is 0 Å². The molecule has 3 N–H and O–H groups in total. The van der Waals surface area contributed by atoms with E-state index in [0.29, 0.717) is 6.54 Å². The maximum Gasteiger partial charge on any atom is 0.0702 e. The number of hydrogen-bond acceptors (Lipinski definition) is 4. The van der Waals surface area contributed by atoms with Crippen LogP contribution in [0.25, 0.3) is 0 Å². The Morgan fingerprint density at radius 3 is 2.36 bits per heavy atom. The molecule has 0 aromatic carbocycles. The van der Waals surface area contributed by atoms with Crippen molar-refractivity contribution in [2.75, 3.05) is 20.6 Å². The lowest BCUT2D eigenvalue weighted by Gasteiger charge is -2.16. The molecule has 0 spiro atoms. The van der Waals surface area contributed by atoms with E-state index in [1.54, 1.807) is 13.1 Å². The van der Waals surface area contributed by atoms with Gasteiger partial charge in [-0.25, -0.2) is 5.84 Å². The molecule has 0 rings (SSSR count). The van der Waals surface area contributed by atoms with Crippen molar-refractivity contribution >= 4 is 0 Å². The first-order chi connectivity index (χ1) is 5.02. The smallest absolute Gasteiger partial charge is 0.0702 e. The molecule has 0 radical (unpaired) electrons. The Hall–Kier alpha value is -0.740. The number of aliphatic hydroxyl groups excluding tert-OH is 1. The van der Waals surface area contributed by atoms with Crippen molar-refractivity contribution in [2.24, 2.45) is 5.84 Å². The van der Waals surface area contributed by atoms with E-state index in [2.05, 4.69) is 0 Å². The van der Waals surface area contributed by atoms with E-state index in [0.717, 1.165) is 0 Å². The van der Waals surface area contributed by atoms with Crippen molar-refractivity contribution in [2.45, 2.75) is 13.0 Å². The fourth-order valence-electron chi connectivity index (χ4n) is 0.585. The standard InChI is InChI=1S/C7H17N3O/c1-7(11)6-10(8)5-4-9(2)3/h4-5,7,11H,6,8H2,1-3H3/b5-4-. The van der Waals surface area contributed by atoms with E-state index in [1.807, 2.05) is 25.2 Å².